The molecule has 0 saturated heterocycles. The van der Waals surface area contributed by atoms with E-state index in [0.717, 1.165) is 0 Å². The molecule has 2 atom stereocenters. The van der Waals surface area contributed by atoms with Gasteiger partial charge in [0.2, 0.25) is 0 Å². The van der Waals surface area contributed by atoms with Crippen molar-refractivity contribution in [2.45, 2.75) is 38.8 Å². The van der Waals surface area contributed by atoms with E-state index in [1.807, 2.05) is 6.92 Å². The zero-order valence-corrected chi connectivity index (χ0v) is 10.5. The minimum atomic E-state index is -0.893. The van der Waals surface area contributed by atoms with E-state index in [4.69, 9.17) is 10.5 Å². The minimum absolute atomic E-state index is 0.139. The molecule has 0 amide bonds. The highest BCUT2D eigenvalue weighted by Crippen LogP contribution is 2.21. The quantitative estimate of drug-likeness (QED) is 0.832. The first-order valence-electron chi connectivity index (χ1n) is 5.76. The Kier molecular flexibility index (Phi) is 4.48. The van der Waals surface area contributed by atoms with Gasteiger partial charge in [-0.25, -0.2) is 4.39 Å². The van der Waals surface area contributed by atoms with Crippen LogP contribution in [0.1, 0.15) is 38.8 Å². The Morgan fingerprint density at radius 3 is 2.65 bits per heavy atom. The van der Waals surface area contributed by atoms with Crippen molar-refractivity contribution in [3.63, 3.8) is 0 Å². The molecule has 0 aliphatic heterocycles. The highest BCUT2D eigenvalue weighted by Gasteiger charge is 2.18. The number of nitrogens with two attached hydrogens (primary N) is 1. The SMILES string of the molecule is CCC(C)(O)COc1ccc([C@@H](C)N)c(F)c1. The highest BCUT2D eigenvalue weighted by atomic mass is 19.1. The maximum atomic E-state index is 13.6. The summed E-state index contributed by atoms with van der Waals surface area (Å²) < 4.78 is 18.9. The predicted octanol–water partition coefficient (Wildman–Crippen LogP) is 2.39. The molecule has 3 N–H and O–H groups in total. The molecule has 0 spiro atoms. The van der Waals surface area contributed by atoms with Crippen LogP contribution in [0, 0.1) is 5.82 Å². The van der Waals surface area contributed by atoms with E-state index < -0.39 is 5.60 Å². The zero-order chi connectivity index (χ0) is 13.1. The van der Waals surface area contributed by atoms with Gasteiger partial charge in [-0.3, -0.25) is 0 Å². The number of ether oxygens (including phenoxy) is 1. The summed E-state index contributed by atoms with van der Waals surface area (Å²) in [5.74, 6) is 0.0225. The maximum Gasteiger partial charge on any atom is 0.131 e. The Morgan fingerprint density at radius 1 is 1.53 bits per heavy atom. The third-order valence-corrected chi connectivity index (χ3v) is 2.77. The molecule has 1 rings (SSSR count). The van der Waals surface area contributed by atoms with Crippen molar-refractivity contribution in [3.8, 4) is 5.75 Å². The molecule has 17 heavy (non-hydrogen) atoms. The normalized spacial score (nSPS) is 16.4. The van der Waals surface area contributed by atoms with Crippen LogP contribution in [0.3, 0.4) is 0 Å². The van der Waals surface area contributed by atoms with Crippen LogP contribution in [0.4, 0.5) is 4.39 Å². The first-order chi connectivity index (χ1) is 7.85. The largest absolute Gasteiger partial charge is 0.491 e. The molecule has 3 nitrogen and oxygen atoms in total. The fourth-order valence-electron chi connectivity index (χ4n) is 1.31. The van der Waals surface area contributed by atoms with Crippen molar-refractivity contribution < 1.29 is 14.2 Å². The molecular weight excluding hydrogens is 221 g/mol. The van der Waals surface area contributed by atoms with Crippen LogP contribution < -0.4 is 10.5 Å². The summed E-state index contributed by atoms with van der Waals surface area (Å²) in [6.07, 6.45) is 0.577. The van der Waals surface area contributed by atoms with E-state index >= 15 is 0 Å². The average molecular weight is 241 g/mol. The molecule has 1 aromatic rings. The van der Waals surface area contributed by atoms with Crippen LogP contribution in [-0.4, -0.2) is 17.3 Å². The molecule has 0 aliphatic rings. The van der Waals surface area contributed by atoms with Crippen molar-refractivity contribution in [1.29, 1.82) is 0 Å². The predicted molar refractivity (Wildman–Crippen MR) is 65.4 cm³/mol. The molecule has 0 fully saturated rings. The Hall–Kier alpha value is -1.13. The Balaban J connectivity index is 2.71. The Bertz CT molecular complexity index is 378. The number of hydrogen-bond donors (Lipinski definition) is 2. The van der Waals surface area contributed by atoms with Gasteiger partial charge in [-0.05, 0) is 26.3 Å². The second-order valence-electron chi connectivity index (χ2n) is 4.61. The average Bonchev–Trinajstić information content (AvgIpc) is 2.26. The molecule has 1 aromatic carbocycles. The molecule has 96 valence electrons. The number of aliphatic hydroxyl groups is 1. The third-order valence-electron chi connectivity index (χ3n) is 2.77. The van der Waals surface area contributed by atoms with Crippen LogP contribution >= 0.6 is 0 Å². The molecule has 0 aromatic heterocycles. The van der Waals surface area contributed by atoms with Crippen molar-refractivity contribution >= 4 is 0 Å². The summed E-state index contributed by atoms with van der Waals surface area (Å²) in [7, 11) is 0. The van der Waals surface area contributed by atoms with Crippen LogP contribution in [0.5, 0.6) is 5.75 Å². The second kappa shape index (κ2) is 5.47. The third kappa shape index (κ3) is 3.98. The van der Waals surface area contributed by atoms with Gasteiger partial charge >= 0.3 is 0 Å². The summed E-state index contributed by atoms with van der Waals surface area (Å²) in [4.78, 5) is 0. The lowest BCUT2D eigenvalue weighted by molar-refractivity contribution is 0.00836. The van der Waals surface area contributed by atoms with E-state index in [-0.39, 0.29) is 18.5 Å². The lowest BCUT2D eigenvalue weighted by Crippen LogP contribution is -2.31. The Morgan fingerprint density at radius 2 is 2.18 bits per heavy atom. The van der Waals surface area contributed by atoms with Crippen LogP contribution in [0.2, 0.25) is 0 Å². The minimum Gasteiger partial charge on any atom is -0.491 e. The molecule has 1 unspecified atom stereocenters. The van der Waals surface area contributed by atoms with Crippen LogP contribution in [-0.2, 0) is 0 Å². The van der Waals surface area contributed by atoms with Gasteiger partial charge in [0.25, 0.3) is 0 Å². The van der Waals surface area contributed by atoms with Crippen molar-refractivity contribution in [2.75, 3.05) is 6.61 Å². The van der Waals surface area contributed by atoms with Gasteiger partial charge in [0.1, 0.15) is 18.2 Å². The van der Waals surface area contributed by atoms with E-state index in [2.05, 4.69) is 0 Å². The standard InChI is InChI=1S/C13H20FNO2/c1-4-13(3,16)8-17-10-5-6-11(9(2)15)12(14)7-10/h5-7,9,16H,4,8,15H2,1-3H3/t9-,13?/m1/s1. The van der Waals surface area contributed by atoms with Gasteiger partial charge in [-0.1, -0.05) is 13.0 Å². The summed E-state index contributed by atoms with van der Waals surface area (Å²) in [6.45, 7) is 5.41. The van der Waals surface area contributed by atoms with E-state index in [0.29, 0.717) is 17.7 Å². The van der Waals surface area contributed by atoms with Gasteiger partial charge in [0, 0.05) is 17.7 Å². The van der Waals surface area contributed by atoms with Crippen molar-refractivity contribution in [2.24, 2.45) is 5.73 Å². The van der Waals surface area contributed by atoms with Gasteiger partial charge in [0.15, 0.2) is 0 Å². The van der Waals surface area contributed by atoms with Gasteiger partial charge < -0.3 is 15.6 Å². The molecule has 0 bridgehead atoms. The number of rotatable bonds is 5. The topological polar surface area (TPSA) is 55.5 Å². The zero-order valence-electron chi connectivity index (χ0n) is 10.5. The van der Waals surface area contributed by atoms with E-state index in [9.17, 15) is 9.50 Å². The number of hydrogen-bond acceptors (Lipinski definition) is 3. The van der Waals surface area contributed by atoms with Crippen molar-refractivity contribution in [1.82, 2.24) is 0 Å². The highest BCUT2D eigenvalue weighted by molar-refractivity contribution is 5.30. The van der Waals surface area contributed by atoms with Crippen molar-refractivity contribution in [3.05, 3.63) is 29.6 Å². The monoisotopic (exact) mass is 241 g/mol. The summed E-state index contributed by atoms with van der Waals surface area (Å²) >= 11 is 0. The van der Waals surface area contributed by atoms with E-state index in [1.165, 1.54) is 6.07 Å². The molecule has 0 aliphatic carbocycles. The van der Waals surface area contributed by atoms with Gasteiger partial charge in [-0.2, -0.15) is 0 Å². The van der Waals surface area contributed by atoms with Crippen LogP contribution in [0.15, 0.2) is 18.2 Å². The first kappa shape index (κ1) is 13.9. The molecular formula is C13H20FNO2. The molecule has 0 saturated carbocycles. The molecule has 4 heteroatoms. The summed E-state index contributed by atoms with van der Waals surface area (Å²) in [6, 6.07) is 4.22. The summed E-state index contributed by atoms with van der Waals surface area (Å²) in [5, 5.41) is 9.76. The molecule has 0 radical (unpaired) electrons. The number of halogens is 1. The van der Waals surface area contributed by atoms with Gasteiger partial charge in [0.05, 0.1) is 5.60 Å². The lowest BCUT2D eigenvalue weighted by Gasteiger charge is -2.21. The Labute approximate surface area is 101 Å². The second-order valence-corrected chi connectivity index (χ2v) is 4.61. The number of benzene rings is 1. The van der Waals surface area contributed by atoms with E-state index in [1.54, 1.807) is 26.0 Å². The lowest BCUT2D eigenvalue weighted by atomic mass is 10.1. The fraction of sp³-hybridized carbons (Fsp3) is 0.538. The molecule has 0 heterocycles. The first-order valence-corrected chi connectivity index (χ1v) is 5.76. The van der Waals surface area contributed by atoms with Crippen LogP contribution in [0.25, 0.3) is 0 Å². The van der Waals surface area contributed by atoms with Gasteiger partial charge in [-0.15, -0.1) is 0 Å². The smallest absolute Gasteiger partial charge is 0.131 e. The maximum absolute atomic E-state index is 13.6. The summed E-state index contributed by atoms with van der Waals surface area (Å²) in [5.41, 5.74) is 5.17. The fourth-order valence-corrected chi connectivity index (χ4v) is 1.31.